The number of para-hydroxylation sites is 2. The average Bonchev–Trinajstić information content (AvgIpc) is 2.73. The molecular weight excluding hydrogens is 344 g/mol. The maximum Gasteiger partial charge on any atom is 0.264 e. The number of amides is 1. The first-order valence-corrected chi connectivity index (χ1v) is 9.32. The van der Waals surface area contributed by atoms with Gasteiger partial charge in [-0.1, -0.05) is 36.4 Å². The van der Waals surface area contributed by atoms with Crippen LogP contribution in [0.4, 0.5) is 0 Å². The average molecular weight is 368 g/mol. The van der Waals surface area contributed by atoms with E-state index in [2.05, 4.69) is 22.3 Å². The third kappa shape index (κ3) is 4.59. The second-order valence-corrected chi connectivity index (χ2v) is 6.79. The van der Waals surface area contributed by atoms with Gasteiger partial charge in [0, 0.05) is 26.2 Å². The quantitative estimate of drug-likeness (QED) is 0.875. The van der Waals surface area contributed by atoms with Crippen LogP contribution in [0.1, 0.15) is 11.1 Å². The van der Waals surface area contributed by atoms with Crippen LogP contribution < -0.4 is 14.8 Å². The van der Waals surface area contributed by atoms with Crippen molar-refractivity contribution in [2.24, 2.45) is 0 Å². The normalized spacial score (nSPS) is 19.5. The Morgan fingerprint density at radius 2 is 1.81 bits per heavy atom. The van der Waals surface area contributed by atoms with E-state index in [9.17, 15) is 4.79 Å². The number of benzene rings is 2. The zero-order valence-corrected chi connectivity index (χ0v) is 15.2. The number of nitrogens with one attached hydrogen (secondary N) is 1. The minimum absolute atomic E-state index is 0.164. The number of carbonyl (C=O) groups is 1. The molecule has 0 spiro atoms. The van der Waals surface area contributed by atoms with Gasteiger partial charge in [-0.25, -0.2) is 0 Å². The molecule has 6 heteroatoms. The number of nitrogens with zero attached hydrogens (tertiary/aromatic N) is 1. The van der Waals surface area contributed by atoms with Gasteiger partial charge in [0.2, 0.25) is 6.10 Å². The van der Waals surface area contributed by atoms with Crippen LogP contribution in [0.15, 0.2) is 48.5 Å². The van der Waals surface area contributed by atoms with Crippen molar-refractivity contribution in [1.82, 2.24) is 10.2 Å². The van der Waals surface area contributed by atoms with Crippen molar-refractivity contribution in [2.45, 2.75) is 19.2 Å². The summed E-state index contributed by atoms with van der Waals surface area (Å²) in [6, 6.07) is 15.7. The molecule has 1 amide bonds. The summed E-state index contributed by atoms with van der Waals surface area (Å²) < 4.78 is 16.8. The van der Waals surface area contributed by atoms with Crippen molar-refractivity contribution >= 4 is 5.91 Å². The van der Waals surface area contributed by atoms with Crippen LogP contribution >= 0.6 is 0 Å². The van der Waals surface area contributed by atoms with E-state index in [1.165, 1.54) is 5.56 Å². The number of ether oxygens (including phenoxy) is 3. The Kier molecular flexibility index (Phi) is 5.55. The molecule has 4 rings (SSSR count). The fourth-order valence-corrected chi connectivity index (χ4v) is 3.31. The third-order valence-electron chi connectivity index (χ3n) is 4.77. The van der Waals surface area contributed by atoms with E-state index in [0.717, 1.165) is 38.4 Å². The Balaban J connectivity index is 1.31. The van der Waals surface area contributed by atoms with E-state index in [4.69, 9.17) is 14.2 Å². The Bertz CT molecular complexity index is 789. The van der Waals surface area contributed by atoms with E-state index in [0.29, 0.717) is 18.0 Å². The minimum atomic E-state index is -0.628. The van der Waals surface area contributed by atoms with Crippen molar-refractivity contribution < 1.29 is 19.0 Å². The highest BCUT2D eigenvalue weighted by Gasteiger charge is 2.26. The molecule has 1 saturated heterocycles. The molecule has 2 heterocycles. The Labute approximate surface area is 159 Å². The molecule has 6 nitrogen and oxygen atoms in total. The van der Waals surface area contributed by atoms with E-state index in [1.54, 1.807) is 0 Å². The summed E-state index contributed by atoms with van der Waals surface area (Å²) in [5.41, 5.74) is 2.32. The van der Waals surface area contributed by atoms with Crippen LogP contribution in [0.2, 0.25) is 0 Å². The fourth-order valence-electron chi connectivity index (χ4n) is 3.31. The van der Waals surface area contributed by atoms with Gasteiger partial charge < -0.3 is 19.5 Å². The second-order valence-electron chi connectivity index (χ2n) is 6.79. The molecule has 1 fully saturated rings. The lowest BCUT2D eigenvalue weighted by atomic mass is 10.1. The topological polar surface area (TPSA) is 60.0 Å². The van der Waals surface area contributed by atoms with Gasteiger partial charge in [0.05, 0.1) is 13.2 Å². The smallest absolute Gasteiger partial charge is 0.264 e. The van der Waals surface area contributed by atoms with Gasteiger partial charge in [-0.05, 0) is 23.3 Å². The molecule has 2 aromatic carbocycles. The predicted octanol–water partition coefficient (Wildman–Crippen LogP) is 1.97. The molecule has 2 aliphatic heterocycles. The predicted molar refractivity (Wildman–Crippen MR) is 101 cm³/mol. The minimum Gasteiger partial charge on any atom is -0.485 e. The number of hydrogen-bond acceptors (Lipinski definition) is 5. The van der Waals surface area contributed by atoms with Crippen LogP contribution in [-0.4, -0.2) is 49.8 Å². The van der Waals surface area contributed by atoms with Crippen molar-refractivity contribution in [3.8, 4) is 11.5 Å². The maximum absolute atomic E-state index is 12.4. The molecule has 0 aromatic heterocycles. The lowest BCUT2D eigenvalue weighted by Gasteiger charge is -2.27. The summed E-state index contributed by atoms with van der Waals surface area (Å²) in [5, 5.41) is 2.95. The van der Waals surface area contributed by atoms with Crippen molar-refractivity contribution in [3.05, 3.63) is 59.7 Å². The highest BCUT2D eigenvalue weighted by molar-refractivity contribution is 5.81. The highest BCUT2D eigenvalue weighted by Crippen LogP contribution is 2.30. The SMILES string of the molecule is O=C(NCc1cccc(CN2CCOCC2)c1)[C@@H]1COc2ccccc2O1. The Hall–Kier alpha value is -2.57. The molecule has 0 radical (unpaired) electrons. The summed E-state index contributed by atoms with van der Waals surface area (Å²) in [4.78, 5) is 14.8. The maximum atomic E-state index is 12.4. The highest BCUT2D eigenvalue weighted by atomic mass is 16.6. The van der Waals surface area contributed by atoms with Gasteiger partial charge in [0.1, 0.15) is 6.61 Å². The summed E-state index contributed by atoms with van der Waals surface area (Å²) in [7, 11) is 0. The Morgan fingerprint density at radius 3 is 2.67 bits per heavy atom. The van der Waals surface area contributed by atoms with Crippen LogP contribution in [0, 0.1) is 0 Å². The fraction of sp³-hybridized carbons (Fsp3) is 0.381. The second kappa shape index (κ2) is 8.41. The van der Waals surface area contributed by atoms with Crippen LogP contribution in [0.25, 0.3) is 0 Å². The third-order valence-corrected chi connectivity index (χ3v) is 4.77. The first-order valence-electron chi connectivity index (χ1n) is 9.32. The van der Waals surface area contributed by atoms with Gasteiger partial charge in [-0.2, -0.15) is 0 Å². The summed E-state index contributed by atoms with van der Waals surface area (Å²) in [5.74, 6) is 1.12. The van der Waals surface area contributed by atoms with E-state index in [1.807, 2.05) is 36.4 Å². The number of hydrogen-bond donors (Lipinski definition) is 1. The summed E-state index contributed by atoms with van der Waals surface area (Å²) in [6.45, 7) is 5.10. The van der Waals surface area contributed by atoms with E-state index >= 15 is 0 Å². The van der Waals surface area contributed by atoms with E-state index in [-0.39, 0.29) is 12.5 Å². The van der Waals surface area contributed by atoms with Crippen LogP contribution in [0.5, 0.6) is 11.5 Å². The van der Waals surface area contributed by atoms with Gasteiger partial charge in [0.25, 0.3) is 5.91 Å². The molecule has 27 heavy (non-hydrogen) atoms. The number of morpholine rings is 1. The molecular formula is C21H24N2O4. The first-order chi connectivity index (χ1) is 13.3. The monoisotopic (exact) mass is 368 g/mol. The molecule has 0 saturated carbocycles. The lowest BCUT2D eigenvalue weighted by Crippen LogP contribution is -2.43. The van der Waals surface area contributed by atoms with E-state index < -0.39 is 6.10 Å². The number of carbonyl (C=O) groups excluding carboxylic acids is 1. The molecule has 142 valence electrons. The largest absolute Gasteiger partial charge is 0.485 e. The van der Waals surface area contributed by atoms with Crippen LogP contribution in [0.3, 0.4) is 0 Å². The Morgan fingerprint density at radius 1 is 1.04 bits per heavy atom. The van der Waals surface area contributed by atoms with Crippen LogP contribution in [-0.2, 0) is 22.6 Å². The zero-order valence-electron chi connectivity index (χ0n) is 15.2. The van der Waals surface area contributed by atoms with Crippen molar-refractivity contribution in [2.75, 3.05) is 32.9 Å². The van der Waals surface area contributed by atoms with Gasteiger partial charge in [-0.15, -0.1) is 0 Å². The summed E-state index contributed by atoms with van der Waals surface area (Å²) >= 11 is 0. The number of fused-ring (bicyclic) bond motifs is 1. The molecule has 0 bridgehead atoms. The van der Waals surface area contributed by atoms with Gasteiger partial charge in [-0.3, -0.25) is 9.69 Å². The van der Waals surface area contributed by atoms with Gasteiger partial charge >= 0.3 is 0 Å². The standard InChI is InChI=1S/C21H24N2O4/c24-21(20-15-26-18-6-1-2-7-19(18)27-20)22-13-16-4-3-5-17(12-16)14-23-8-10-25-11-9-23/h1-7,12,20H,8-11,13-15H2,(H,22,24)/t20-/m0/s1. The molecule has 0 unspecified atom stereocenters. The molecule has 1 atom stereocenters. The first kappa shape index (κ1) is 17.8. The molecule has 1 N–H and O–H groups in total. The molecule has 2 aromatic rings. The van der Waals surface area contributed by atoms with Crippen molar-refractivity contribution in [1.29, 1.82) is 0 Å². The zero-order chi connectivity index (χ0) is 18.5. The molecule has 0 aliphatic carbocycles. The van der Waals surface area contributed by atoms with Crippen molar-refractivity contribution in [3.63, 3.8) is 0 Å². The lowest BCUT2D eigenvalue weighted by molar-refractivity contribution is -0.130. The van der Waals surface area contributed by atoms with Gasteiger partial charge in [0.15, 0.2) is 11.5 Å². The molecule has 2 aliphatic rings. The summed E-state index contributed by atoms with van der Waals surface area (Å²) in [6.07, 6.45) is -0.628. The number of rotatable bonds is 5.